The van der Waals surface area contributed by atoms with E-state index >= 15 is 0 Å². The third-order valence-corrected chi connectivity index (χ3v) is 9.70. The van der Waals surface area contributed by atoms with Crippen LogP contribution in [0.5, 0.6) is 5.75 Å². The summed E-state index contributed by atoms with van der Waals surface area (Å²) in [7, 11) is -3.29. The van der Waals surface area contributed by atoms with Gasteiger partial charge in [0.05, 0.1) is 17.3 Å². The van der Waals surface area contributed by atoms with Gasteiger partial charge in [-0.2, -0.15) is 0 Å². The Hall–Kier alpha value is -5.40. The molecule has 17 nitrogen and oxygen atoms in total. The molecule has 1 saturated heterocycles. The van der Waals surface area contributed by atoms with Gasteiger partial charge in [-0.1, -0.05) is 5.21 Å². The third-order valence-electron chi connectivity index (χ3n) is 9.70. The van der Waals surface area contributed by atoms with Crippen molar-refractivity contribution in [1.29, 1.82) is 0 Å². The van der Waals surface area contributed by atoms with Crippen LogP contribution in [-0.4, -0.2) is 96.2 Å². The Morgan fingerprint density at radius 3 is 2.27 bits per heavy atom. The number of unbranched alkanes of at least 4 members (excludes halogenated alkanes) is 1. The van der Waals surface area contributed by atoms with Crippen molar-refractivity contribution in [2.75, 3.05) is 24.6 Å². The molecule has 0 amide bonds. The topological polar surface area (TPSA) is 205 Å². The Kier molecular flexibility index (Phi) is 12.4. The summed E-state index contributed by atoms with van der Waals surface area (Å²) in [4.78, 5) is 77.1. The number of anilines is 1. The smallest absolute Gasteiger partial charge is 0.504 e. The Morgan fingerprint density at radius 1 is 0.911 bits per heavy atom. The van der Waals surface area contributed by atoms with E-state index in [1.807, 2.05) is 0 Å². The molecule has 0 N–H and O–H groups in total. The fourth-order valence-corrected chi connectivity index (χ4v) is 7.63. The molecule has 20 heteroatoms. The van der Waals surface area contributed by atoms with Crippen LogP contribution in [0.15, 0.2) is 21.5 Å². The van der Waals surface area contributed by atoms with Crippen LogP contribution in [-0.2, 0) is 62.1 Å². The van der Waals surface area contributed by atoms with Gasteiger partial charge >= 0.3 is 37.0 Å². The van der Waals surface area contributed by atoms with Crippen molar-refractivity contribution in [2.24, 2.45) is 0 Å². The van der Waals surface area contributed by atoms with E-state index in [-0.39, 0.29) is 30.2 Å². The van der Waals surface area contributed by atoms with E-state index in [0.717, 1.165) is 70.4 Å². The first-order chi connectivity index (χ1) is 26.7. The average molecular weight is 787 g/mol. The van der Waals surface area contributed by atoms with Crippen LogP contribution in [0, 0.1) is 0 Å². The molecule has 3 aliphatic rings. The number of ether oxygens (including phenoxy) is 5. The SMILES string of the molecule is CC(=O)OC[C@H]1O[C@@H](n2cc(CCCCC(=O)c3c(OB(F)F)c4cc5c6c(c4oc3=O)CCCN6CCC5)nn2)[C@H](OC(C)=O)[C@@H](OC(C)=O)[C@H]1OC(C)=O. The molecule has 0 unspecified atom stereocenters. The average Bonchev–Trinajstić information content (AvgIpc) is 3.59. The minimum absolute atomic E-state index is 0.160. The Morgan fingerprint density at radius 2 is 1.59 bits per heavy atom. The predicted octanol–water partition coefficient (Wildman–Crippen LogP) is 3.24. The second-order valence-electron chi connectivity index (χ2n) is 13.8. The van der Waals surface area contributed by atoms with Gasteiger partial charge in [-0.3, -0.25) is 24.0 Å². The molecule has 0 saturated carbocycles. The van der Waals surface area contributed by atoms with Gasteiger partial charge in [0.25, 0.3) is 0 Å². The fourth-order valence-electron chi connectivity index (χ4n) is 7.63. The Bertz CT molecular complexity index is 2070. The number of benzene rings is 1. The molecular formula is C36H41BF2N4O13. The van der Waals surface area contributed by atoms with Gasteiger partial charge in [-0.05, 0) is 56.6 Å². The zero-order chi connectivity index (χ0) is 40.3. The number of halogens is 2. The standard InChI is InChI=1S/C36H41BF2N4O13/c1-18(44)50-17-27-32(51-19(2)45)33(52-20(3)46)34(53-21(4)47)35(54-27)43-16-23(40-41-43)10-5-6-12-26(48)28-31(56-37(38)39)25-15-22-9-7-13-42-14-8-11-24(29(22)42)30(25)55-36(28)49/h15-16,27,32-35H,5-14,17H2,1-4H3/t27-,32+,33+,34-,35-/m1/s1. The summed E-state index contributed by atoms with van der Waals surface area (Å²) >= 11 is 0. The number of aromatic nitrogens is 3. The molecule has 5 heterocycles. The van der Waals surface area contributed by atoms with Crippen LogP contribution in [0.3, 0.4) is 0 Å². The lowest BCUT2D eigenvalue weighted by Crippen LogP contribution is -2.60. The van der Waals surface area contributed by atoms with Crippen LogP contribution in [0.1, 0.15) is 93.2 Å². The molecule has 300 valence electrons. The maximum absolute atomic E-state index is 13.8. The summed E-state index contributed by atoms with van der Waals surface area (Å²) in [5.74, 6) is -4.22. The van der Waals surface area contributed by atoms with E-state index in [1.165, 1.54) is 10.9 Å². The minimum atomic E-state index is -3.29. The van der Waals surface area contributed by atoms with Gasteiger partial charge in [-0.15, -0.1) is 5.10 Å². The second-order valence-corrected chi connectivity index (χ2v) is 13.8. The summed E-state index contributed by atoms with van der Waals surface area (Å²) in [6, 6.07) is 1.69. The van der Waals surface area contributed by atoms with Crippen molar-refractivity contribution in [3.63, 3.8) is 0 Å². The van der Waals surface area contributed by atoms with Crippen molar-refractivity contribution >= 4 is 53.8 Å². The molecule has 0 radical (unpaired) electrons. The maximum Gasteiger partial charge on any atom is 0.796 e. The Labute approximate surface area is 319 Å². The van der Waals surface area contributed by atoms with Crippen LogP contribution in [0.25, 0.3) is 11.0 Å². The highest BCUT2D eigenvalue weighted by atomic mass is 19.2. The molecule has 2 aromatic heterocycles. The highest BCUT2D eigenvalue weighted by Crippen LogP contribution is 2.43. The lowest BCUT2D eigenvalue weighted by atomic mass is 9.89. The molecule has 56 heavy (non-hydrogen) atoms. The van der Waals surface area contributed by atoms with E-state index in [9.17, 15) is 37.4 Å². The summed E-state index contributed by atoms with van der Waals surface area (Å²) in [6.07, 6.45) is -1.62. The first-order valence-electron chi connectivity index (χ1n) is 18.3. The van der Waals surface area contributed by atoms with E-state index in [1.54, 1.807) is 6.07 Å². The third kappa shape index (κ3) is 8.84. The molecule has 0 spiro atoms. The number of esters is 4. The van der Waals surface area contributed by atoms with Gasteiger partial charge in [-0.25, -0.2) is 18.1 Å². The molecule has 1 aromatic carbocycles. The number of Topliss-reactive ketones (excluding diaryl/α,β-unsaturated/α-hetero) is 1. The van der Waals surface area contributed by atoms with Crippen molar-refractivity contribution in [1.82, 2.24) is 15.0 Å². The molecule has 1 fully saturated rings. The highest BCUT2D eigenvalue weighted by molar-refractivity contribution is 6.36. The fraction of sp³-hybridized carbons (Fsp3) is 0.556. The van der Waals surface area contributed by atoms with E-state index in [4.69, 9.17) is 32.8 Å². The maximum atomic E-state index is 13.8. The molecule has 5 atom stereocenters. The monoisotopic (exact) mass is 786 g/mol. The quantitative estimate of drug-likeness (QED) is 0.0575. The number of carbonyl (C=O) groups is 5. The molecule has 3 aromatic rings. The van der Waals surface area contributed by atoms with Crippen LogP contribution in [0.4, 0.5) is 14.3 Å². The lowest BCUT2D eigenvalue weighted by Gasteiger charge is -2.44. The predicted molar refractivity (Wildman–Crippen MR) is 189 cm³/mol. The van der Waals surface area contributed by atoms with Crippen molar-refractivity contribution < 1.29 is 65.4 Å². The van der Waals surface area contributed by atoms with E-state index in [2.05, 4.69) is 15.2 Å². The molecule has 6 rings (SSSR count). The first kappa shape index (κ1) is 40.3. The number of fused-ring (bicyclic) bond motifs is 2. The van der Waals surface area contributed by atoms with Gasteiger partial charge in [0, 0.05) is 58.5 Å². The van der Waals surface area contributed by atoms with Gasteiger partial charge in [0.1, 0.15) is 29.6 Å². The summed E-state index contributed by atoms with van der Waals surface area (Å²) < 4.78 is 66.9. The summed E-state index contributed by atoms with van der Waals surface area (Å²) in [6.45, 7) is 5.76. The summed E-state index contributed by atoms with van der Waals surface area (Å²) in [5.41, 5.74) is 1.60. The second kappa shape index (κ2) is 17.2. The zero-order valence-electron chi connectivity index (χ0n) is 31.2. The number of rotatable bonds is 14. The highest BCUT2D eigenvalue weighted by Gasteiger charge is 2.53. The number of carbonyl (C=O) groups excluding carboxylic acids is 5. The number of aryl methyl sites for hydroxylation is 3. The number of hydrogen-bond acceptors (Lipinski definition) is 16. The van der Waals surface area contributed by atoms with E-state index in [0.29, 0.717) is 25.0 Å². The number of hydrogen-bond donors (Lipinski definition) is 0. The molecule has 0 aliphatic carbocycles. The van der Waals surface area contributed by atoms with Crippen LogP contribution in [0.2, 0.25) is 0 Å². The van der Waals surface area contributed by atoms with Gasteiger partial charge in [0.15, 0.2) is 30.3 Å². The molecular weight excluding hydrogens is 745 g/mol. The first-order valence-corrected chi connectivity index (χ1v) is 18.3. The van der Waals surface area contributed by atoms with Crippen molar-refractivity contribution in [2.45, 2.75) is 110 Å². The Balaban J connectivity index is 1.19. The molecule has 0 bridgehead atoms. The number of ketones is 1. The van der Waals surface area contributed by atoms with Gasteiger partial charge in [0.2, 0.25) is 0 Å². The largest absolute Gasteiger partial charge is 0.796 e. The van der Waals surface area contributed by atoms with Crippen molar-refractivity contribution in [3.05, 3.63) is 45.1 Å². The van der Waals surface area contributed by atoms with Crippen molar-refractivity contribution in [3.8, 4) is 5.75 Å². The van der Waals surface area contributed by atoms with Gasteiger partial charge < -0.3 is 37.7 Å². The lowest BCUT2D eigenvalue weighted by molar-refractivity contribution is -0.270. The van der Waals surface area contributed by atoms with E-state index < -0.39 is 91.3 Å². The molecule has 3 aliphatic heterocycles. The number of nitrogens with zero attached hydrogens (tertiary/aromatic N) is 4. The summed E-state index contributed by atoms with van der Waals surface area (Å²) in [5, 5.41) is 8.42. The normalized spacial score (nSPS) is 21.5. The van der Waals surface area contributed by atoms with Crippen LogP contribution < -0.4 is 15.2 Å². The minimum Gasteiger partial charge on any atom is -0.504 e. The van der Waals surface area contributed by atoms with Crippen LogP contribution >= 0.6 is 0 Å². The zero-order valence-corrected chi connectivity index (χ0v) is 31.2.